The van der Waals surface area contributed by atoms with Gasteiger partial charge in [0.2, 0.25) is 0 Å². The van der Waals surface area contributed by atoms with Crippen LogP contribution in [0.1, 0.15) is 16.7 Å². The van der Waals surface area contributed by atoms with E-state index in [1.54, 1.807) is 0 Å². The van der Waals surface area contributed by atoms with Gasteiger partial charge in [0.15, 0.2) is 0 Å². The van der Waals surface area contributed by atoms with Crippen molar-refractivity contribution in [3.8, 4) is 0 Å². The van der Waals surface area contributed by atoms with Crippen molar-refractivity contribution >= 4 is 0 Å². The summed E-state index contributed by atoms with van der Waals surface area (Å²) in [4.78, 5) is 0. The summed E-state index contributed by atoms with van der Waals surface area (Å²) in [6.45, 7) is 5.13. The smallest absolute Gasteiger partial charge is 0.0566 e. The summed E-state index contributed by atoms with van der Waals surface area (Å²) in [7, 11) is 0. The van der Waals surface area contributed by atoms with Gasteiger partial charge in [-0.25, -0.2) is 0 Å². The van der Waals surface area contributed by atoms with Crippen LogP contribution in [-0.4, -0.2) is 4.68 Å². The van der Waals surface area contributed by atoms with E-state index < -0.39 is 0 Å². The number of aromatic nitrogens is 1. The first kappa shape index (κ1) is 9.84. The SMILES string of the molecule is Cc1ccc(C)c(CNn2cccc2)c1. The van der Waals surface area contributed by atoms with E-state index >= 15 is 0 Å². The van der Waals surface area contributed by atoms with E-state index in [-0.39, 0.29) is 0 Å². The second-order valence-electron chi connectivity index (χ2n) is 3.86. The lowest BCUT2D eigenvalue weighted by molar-refractivity contribution is 0.843. The Balaban J connectivity index is 2.07. The third-order valence-electron chi connectivity index (χ3n) is 2.56. The van der Waals surface area contributed by atoms with Crippen molar-refractivity contribution < 1.29 is 0 Å². The van der Waals surface area contributed by atoms with Crippen molar-refractivity contribution in [2.45, 2.75) is 20.4 Å². The van der Waals surface area contributed by atoms with E-state index in [2.05, 4.69) is 37.5 Å². The van der Waals surface area contributed by atoms with E-state index in [9.17, 15) is 0 Å². The maximum atomic E-state index is 3.33. The largest absolute Gasteiger partial charge is 0.322 e. The van der Waals surface area contributed by atoms with Gasteiger partial charge in [-0.2, -0.15) is 0 Å². The number of benzene rings is 1. The lowest BCUT2D eigenvalue weighted by atomic mass is 10.1. The molecule has 0 aliphatic heterocycles. The number of hydrogen-bond donors (Lipinski definition) is 1. The number of rotatable bonds is 3. The van der Waals surface area contributed by atoms with Crippen molar-refractivity contribution in [1.29, 1.82) is 0 Å². The summed E-state index contributed by atoms with van der Waals surface area (Å²) in [5, 5.41) is 0. The molecule has 0 fully saturated rings. The van der Waals surface area contributed by atoms with Crippen LogP contribution in [0.25, 0.3) is 0 Å². The van der Waals surface area contributed by atoms with Gasteiger partial charge in [0.25, 0.3) is 0 Å². The predicted octanol–water partition coefficient (Wildman–Crippen LogP) is 2.85. The van der Waals surface area contributed by atoms with E-state index in [0.29, 0.717) is 0 Å². The maximum absolute atomic E-state index is 3.33. The van der Waals surface area contributed by atoms with E-state index in [4.69, 9.17) is 0 Å². The first-order chi connectivity index (χ1) is 7.25. The van der Waals surface area contributed by atoms with E-state index in [1.807, 2.05) is 29.2 Å². The molecule has 0 saturated carbocycles. The van der Waals surface area contributed by atoms with Crippen LogP contribution < -0.4 is 5.43 Å². The summed E-state index contributed by atoms with van der Waals surface area (Å²) in [5.74, 6) is 0. The van der Waals surface area contributed by atoms with Gasteiger partial charge in [-0.3, -0.25) is 4.68 Å². The topological polar surface area (TPSA) is 17.0 Å². The molecule has 1 N–H and O–H groups in total. The molecule has 2 heteroatoms. The molecule has 0 aliphatic carbocycles. The molecule has 2 aromatic rings. The first-order valence-electron chi connectivity index (χ1n) is 5.19. The highest BCUT2D eigenvalue weighted by Crippen LogP contribution is 2.10. The second kappa shape index (κ2) is 4.22. The van der Waals surface area contributed by atoms with Gasteiger partial charge in [-0.15, -0.1) is 0 Å². The van der Waals surface area contributed by atoms with Crippen molar-refractivity contribution in [3.05, 3.63) is 59.4 Å². The van der Waals surface area contributed by atoms with Crippen molar-refractivity contribution in [2.75, 3.05) is 5.43 Å². The summed E-state index contributed by atoms with van der Waals surface area (Å²) in [6.07, 6.45) is 4.01. The Morgan fingerprint density at radius 3 is 2.60 bits per heavy atom. The van der Waals surface area contributed by atoms with Crippen LogP contribution in [0.15, 0.2) is 42.7 Å². The minimum atomic E-state index is 0.863. The summed E-state index contributed by atoms with van der Waals surface area (Å²) < 4.78 is 1.97. The molecule has 0 amide bonds. The fourth-order valence-corrected chi connectivity index (χ4v) is 1.61. The van der Waals surface area contributed by atoms with Gasteiger partial charge in [0.1, 0.15) is 0 Å². The van der Waals surface area contributed by atoms with E-state index in [1.165, 1.54) is 16.7 Å². The lowest BCUT2D eigenvalue weighted by Crippen LogP contribution is -2.12. The van der Waals surface area contributed by atoms with Gasteiger partial charge in [0.05, 0.1) is 6.54 Å². The molecule has 78 valence electrons. The molecule has 2 nitrogen and oxygen atoms in total. The van der Waals surface area contributed by atoms with E-state index in [0.717, 1.165) is 6.54 Å². The number of aryl methyl sites for hydroxylation is 2. The zero-order chi connectivity index (χ0) is 10.7. The molecular formula is C13H16N2. The summed E-state index contributed by atoms with van der Waals surface area (Å²) in [6, 6.07) is 10.6. The minimum Gasteiger partial charge on any atom is -0.322 e. The Morgan fingerprint density at radius 1 is 1.13 bits per heavy atom. The van der Waals surface area contributed by atoms with Crippen LogP contribution in [0, 0.1) is 13.8 Å². The van der Waals surface area contributed by atoms with Crippen LogP contribution in [0.3, 0.4) is 0 Å². The fraction of sp³-hybridized carbons (Fsp3) is 0.231. The highest BCUT2D eigenvalue weighted by molar-refractivity contribution is 5.31. The standard InChI is InChI=1S/C13H16N2/c1-11-5-6-12(2)13(9-11)10-14-15-7-3-4-8-15/h3-9,14H,10H2,1-2H3. The molecule has 1 aromatic heterocycles. The lowest BCUT2D eigenvalue weighted by Gasteiger charge is -2.10. The molecule has 0 atom stereocenters. The average molecular weight is 200 g/mol. The van der Waals surface area contributed by atoms with Gasteiger partial charge < -0.3 is 5.43 Å². The van der Waals surface area contributed by atoms with Gasteiger partial charge in [-0.1, -0.05) is 23.8 Å². The van der Waals surface area contributed by atoms with Crippen LogP contribution >= 0.6 is 0 Å². The number of nitrogens with one attached hydrogen (secondary N) is 1. The average Bonchev–Trinajstić information content (AvgIpc) is 2.72. The maximum Gasteiger partial charge on any atom is 0.0566 e. The van der Waals surface area contributed by atoms with Crippen molar-refractivity contribution in [3.63, 3.8) is 0 Å². The third kappa shape index (κ3) is 2.40. The predicted molar refractivity (Wildman–Crippen MR) is 63.4 cm³/mol. The quantitative estimate of drug-likeness (QED) is 0.806. The molecule has 0 unspecified atom stereocenters. The van der Waals surface area contributed by atoms with Gasteiger partial charge >= 0.3 is 0 Å². The molecule has 0 bridgehead atoms. The van der Waals surface area contributed by atoms with Gasteiger partial charge in [0, 0.05) is 12.4 Å². The third-order valence-corrected chi connectivity index (χ3v) is 2.56. The Morgan fingerprint density at radius 2 is 1.87 bits per heavy atom. The number of hydrogen-bond acceptors (Lipinski definition) is 1. The molecule has 0 saturated heterocycles. The normalized spacial score (nSPS) is 10.3. The Labute approximate surface area is 90.5 Å². The fourth-order valence-electron chi connectivity index (χ4n) is 1.61. The highest BCUT2D eigenvalue weighted by atomic mass is 15.4. The van der Waals surface area contributed by atoms with Crippen LogP contribution in [0.4, 0.5) is 0 Å². The molecule has 1 aromatic carbocycles. The molecule has 15 heavy (non-hydrogen) atoms. The minimum absolute atomic E-state index is 0.863. The zero-order valence-electron chi connectivity index (χ0n) is 9.20. The second-order valence-corrected chi connectivity index (χ2v) is 3.86. The Kier molecular flexibility index (Phi) is 2.77. The van der Waals surface area contributed by atoms with Crippen LogP contribution in [0.5, 0.6) is 0 Å². The molecule has 0 aliphatic rings. The zero-order valence-corrected chi connectivity index (χ0v) is 9.20. The van der Waals surface area contributed by atoms with Crippen molar-refractivity contribution in [2.24, 2.45) is 0 Å². The van der Waals surface area contributed by atoms with Crippen LogP contribution in [-0.2, 0) is 6.54 Å². The molecule has 1 heterocycles. The molecule has 0 radical (unpaired) electrons. The monoisotopic (exact) mass is 200 g/mol. The highest BCUT2D eigenvalue weighted by Gasteiger charge is 1.97. The summed E-state index contributed by atoms with van der Waals surface area (Å²) in [5.41, 5.74) is 7.32. The van der Waals surface area contributed by atoms with Gasteiger partial charge in [-0.05, 0) is 37.1 Å². The Bertz CT molecular complexity index is 430. The number of nitrogens with zero attached hydrogens (tertiary/aromatic N) is 1. The summed E-state index contributed by atoms with van der Waals surface area (Å²) >= 11 is 0. The Hall–Kier alpha value is -1.70. The molecule has 0 spiro atoms. The molecular weight excluding hydrogens is 184 g/mol. The molecule has 2 rings (SSSR count). The van der Waals surface area contributed by atoms with Crippen LogP contribution in [0.2, 0.25) is 0 Å². The first-order valence-corrected chi connectivity index (χ1v) is 5.19. The van der Waals surface area contributed by atoms with Crippen molar-refractivity contribution in [1.82, 2.24) is 4.68 Å².